The molecule has 1 unspecified atom stereocenters. The molecule has 0 N–H and O–H groups in total. The lowest BCUT2D eigenvalue weighted by Crippen LogP contribution is -2.35. The molecule has 4 heterocycles. The summed E-state index contributed by atoms with van der Waals surface area (Å²) in [5.74, 6) is 3.13. The van der Waals surface area contributed by atoms with Crippen LogP contribution in [-0.4, -0.2) is 33.1 Å². The van der Waals surface area contributed by atoms with Crippen molar-refractivity contribution in [3.63, 3.8) is 0 Å². The Morgan fingerprint density at radius 3 is 2.89 bits per heavy atom. The summed E-state index contributed by atoms with van der Waals surface area (Å²) in [7, 11) is 0. The molecule has 5 rings (SSSR count). The molecular formula is C21H23N5OS. The van der Waals surface area contributed by atoms with E-state index < -0.39 is 0 Å². The van der Waals surface area contributed by atoms with E-state index in [0.29, 0.717) is 5.82 Å². The molecular weight excluding hydrogens is 370 g/mol. The normalized spacial score (nSPS) is 18.8. The molecule has 28 heavy (non-hydrogen) atoms. The minimum atomic E-state index is 0.166. The van der Waals surface area contributed by atoms with Crippen LogP contribution in [0.4, 0.5) is 5.82 Å². The van der Waals surface area contributed by atoms with Crippen LogP contribution in [0.3, 0.4) is 0 Å². The monoisotopic (exact) mass is 393 g/mol. The fourth-order valence-electron chi connectivity index (χ4n) is 3.65. The minimum Gasteiger partial charge on any atom is -0.477 e. The SMILES string of the molecule is Cc1cc(OCC2CC2)nc(N2CCc3nc(-c4cscn4)ncc3C2C)c1. The highest BCUT2D eigenvalue weighted by Crippen LogP contribution is 2.34. The van der Waals surface area contributed by atoms with E-state index in [1.54, 1.807) is 11.3 Å². The summed E-state index contributed by atoms with van der Waals surface area (Å²) in [6.45, 7) is 5.95. The topological polar surface area (TPSA) is 64.0 Å². The van der Waals surface area contributed by atoms with Gasteiger partial charge in [-0.05, 0) is 44.2 Å². The van der Waals surface area contributed by atoms with Gasteiger partial charge in [-0.2, -0.15) is 4.98 Å². The largest absolute Gasteiger partial charge is 0.477 e. The van der Waals surface area contributed by atoms with Crippen molar-refractivity contribution in [1.82, 2.24) is 19.9 Å². The molecule has 0 spiro atoms. The number of aromatic nitrogens is 4. The number of rotatable bonds is 5. The van der Waals surface area contributed by atoms with Gasteiger partial charge in [0, 0.05) is 36.2 Å². The number of pyridine rings is 1. The standard InChI is InChI=1S/C21H23N5OS/c1-13-7-19(25-20(8-13)27-10-15-3-4-15)26-6-5-17-16(14(26)2)9-22-21(24-17)18-11-28-12-23-18/h7-9,11-12,14-15H,3-6,10H2,1-2H3. The van der Waals surface area contributed by atoms with Gasteiger partial charge in [0.1, 0.15) is 11.5 Å². The van der Waals surface area contributed by atoms with Gasteiger partial charge in [0.05, 0.1) is 23.9 Å². The van der Waals surface area contributed by atoms with Crippen LogP contribution < -0.4 is 9.64 Å². The second-order valence-electron chi connectivity index (χ2n) is 7.68. The van der Waals surface area contributed by atoms with Crippen molar-refractivity contribution in [2.24, 2.45) is 5.92 Å². The highest BCUT2D eigenvalue weighted by Gasteiger charge is 2.28. The highest BCUT2D eigenvalue weighted by atomic mass is 32.1. The van der Waals surface area contributed by atoms with Crippen molar-refractivity contribution >= 4 is 17.2 Å². The smallest absolute Gasteiger partial charge is 0.215 e. The average molecular weight is 394 g/mol. The van der Waals surface area contributed by atoms with E-state index >= 15 is 0 Å². The molecule has 144 valence electrons. The molecule has 0 saturated heterocycles. The number of aryl methyl sites for hydroxylation is 1. The Balaban J connectivity index is 1.40. The maximum atomic E-state index is 5.94. The van der Waals surface area contributed by atoms with Crippen LogP contribution in [0.2, 0.25) is 0 Å². The van der Waals surface area contributed by atoms with Crippen LogP contribution in [0.5, 0.6) is 5.88 Å². The number of hydrogen-bond donors (Lipinski definition) is 0. The summed E-state index contributed by atoms with van der Waals surface area (Å²) in [5.41, 5.74) is 6.10. The van der Waals surface area contributed by atoms with Crippen LogP contribution in [0.25, 0.3) is 11.5 Å². The van der Waals surface area contributed by atoms with E-state index in [2.05, 4.69) is 34.8 Å². The zero-order valence-corrected chi connectivity index (χ0v) is 16.9. The van der Waals surface area contributed by atoms with Gasteiger partial charge in [-0.3, -0.25) is 0 Å². The van der Waals surface area contributed by atoms with Gasteiger partial charge in [0.2, 0.25) is 5.88 Å². The lowest BCUT2D eigenvalue weighted by molar-refractivity contribution is 0.288. The first kappa shape index (κ1) is 17.6. The summed E-state index contributed by atoms with van der Waals surface area (Å²) in [5, 5.41) is 1.99. The Morgan fingerprint density at radius 2 is 2.11 bits per heavy atom. The predicted octanol–water partition coefficient (Wildman–Crippen LogP) is 4.22. The summed E-state index contributed by atoms with van der Waals surface area (Å²) in [6, 6.07) is 4.33. The Labute approximate surface area is 168 Å². The molecule has 1 fully saturated rings. The fourth-order valence-corrected chi connectivity index (χ4v) is 4.18. The van der Waals surface area contributed by atoms with Crippen LogP contribution in [0, 0.1) is 12.8 Å². The first-order chi connectivity index (χ1) is 13.7. The summed E-state index contributed by atoms with van der Waals surface area (Å²) in [6.07, 6.45) is 5.38. The first-order valence-corrected chi connectivity index (χ1v) is 10.7. The maximum Gasteiger partial charge on any atom is 0.215 e. The third kappa shape index (κ3) is 3.46. The predicted molar refractivity (Wildman–Crippen MR) is 110 cm³/mol. The fraction of sp³-hybridized carbons (Fsp3) is 0.429. The number of anilines is 1. The van der Waals surface area contributed by atoms with Crippen molar-refractivity contribution < 1.29 is 4.74 Å². The molecule has 0 bridgehead atoms. The molecule has 3 aromatic rings. The summed E-state index contributed by atoms with van der Waals surface area (Å²) in [4.78, 5) is 20.8. The van der Waals surface area contributed by atoms with Gasteiger partial charge in [-0.15, -0.1) is 11.3 Å². The first-order valence-electron chi connectivity index (χ1n) is 9.80. The number of nitrogens with zero attached hydrogens (tertiary/aromatic N) is 5. The van der Waals surface area contributed by atoms with Gasteiger partial charge in [0.15, 0.2) is 5.82 Å². The maximum absolute atomic E-state index is 5.94. The Morgan fingerprint density at radius 1 is 1.21 bits per heavy atom. The van der Waals surface area contributed by atoms with Gasteiger partial charge >= 0.3 is 0 Å². The zero-order chi connectivity index (χ0) is 19.1. The highest BCUT2D eigenvalue weighted by molar-refractivity contribution is 7.07. The molecule has 2 aliphatic rings. The van der Waals surface area contributed by atoms with E-state index in [0.717, 1.165) is 54.1 Å². The Kier molecular flexibility index (Phi) is 4.47. The van der Waals surface area contributed by atoms with Crippen LogP contribution in [-0.2, 0) is 6.42 Å². The number of thiazole rings is 1. The quantitative estimate of drug-likeness (QED) is 0.647. The molecule has 1 aliphatic heterocycles. The number of fused-ring (bicyclic) bond motifs is 1. The average Bonchev–Trinajstić information content (AvgIpc) is 3.37. The Bertz CT molecular complexity index is 986. The van der Waals surface area contributed by atoms with Crippen molar-refractivity contribution in [3.8, 4) is 17.4 Å². The molecule has 0 amide bonds. The lowest BCUT2D eigenvalue weighted by Gasteiger charge is -2.35. The number of hydrogen-bond acceptors (Lipinski definition) is 7. The molecule has 3 aromatic heterocycles. The van der Waals surface area contributed by atoms with E-state index in [-0.39, 0.29) is 6.04 Å². The van der Waals surface area contributed by atoms with Crippen LogP contribution in [0.15, 0.2) is 29.2 Å². The zero-order valence-electron chi connectivity index (χ0n) is 16.1. The molecule has 1 aliphatic carbocycles. The second-order valence-corrected chi connectivity index (χ2v) is 8.40. The lowest BCUT2D eigenvalue weighted by atomic mass is 9.99. The van der Waals surface area contributed by atoms with Gasteiger partial charge in [-0.25, -0.2) is 15.0 Å². The molecule has 0 aromatic carbocycles. The van der Waals surface area contributed by atoms with Crippen LogP contribution in [0.1, 0.15) is 42.6 Å². The third-order valence-electron chi connectivity index (χ3n) is 5.46. The molecule has 1 saturated carbocycles. The molecule has 1 atom stereocenters. The summed E-state index contributed by atoms with van der Waals surface area (Å²) >= 11 is 1.56. The summed E-state index contributed by atoms with van der Waals surface area (Å²) < 4.78 is 5.94. The van der Waals surface area contributed by atoms with Crippen molar-refractivity contribution in [1.29, 1.82) is 0 Å². The van der Waals surface area contributed by atoms with Crippen LogP contribution >= 0.6 is 11.3 Å². The number of ether oxygens (including phenoxy) is 1. The van der Waals surface area contributed by atoms with E-state index in [9.17, 15) is 0 Å². The van der Waals surface area contributed by atoms with Gasteiger partial charge in [-0.1, -0.05) is 0 Å². The van der Waals surface area contributed by atoms with Gasteiger partial charge in [0.25, 0.3) is 0 Å². The Hall–Kier alpha value is -2.54. The molecule has 0 radical (unpaired) electrons. The van der Waals surface area contributed by atoms with Crippen molar-refractivity contribution in [2.45, 2.75) is 39.2 Å². The third-order valence-corrected chi connectivity index (χ3v) is 6.05. The minimum absolute atomic E-state index is 0.166. The molecule has 6 nitrogen and oxygen atoms in total. The molecule has 7 heteroatoms. The second kappa shape index (κ2) is 7.13. The van der Waals surface area contributed by atoms with Crippen molar-refractivity contribution in [3.05, 3.63) is 46.0 Å². The van der Waals surface area contributed by atoms with Crippen molar-refractivity contribution in [2.75, 3.05) is 18.1 Å². The van der Waals surface area contributed by atoms with E-state index in [4.69, 9.17) is 14.7 Å². The van der Waals surface area contributed by atoms with E-state index in [1.165, 1.54) is 18.4 Å². The van der Waals surface area contributed by atoms with E-state index in [1.807, 2.05) is 23.2 Å². The van der Waals surface area contributed by atoms with Gasteiger partial charge < -0.3 is 9.64 Å².